The number of aromatic nitrogens is 2. The molecule has 8 heteroatoms. The van der Waals surface area contributed by atoms with E-state index in [0.717, 1.165) is 21.8 Å². The number of carbonyl (C=O) groups excluding carboxylic acids is 1. The van der Waals surface area contributed by atoms with Crippen molar-refractivity contribution in [2.45, 2.75) is 26.0 Å². The van der Waals surface area contributed by atoms with Crippen LogP contribution in [0.4, 0.5) is 8.78 Å². The van der Waals surface area contributed by atoms with Crippen molar-refractivity contribution in [3.63, 3.8) is 0 Å². The van der Waals surface area contributed by atoms with Gasteiger partial charge >= 0.3 is 6.61 Å². The van der Waals surface area contributed by atoms with E-state index in [0.29, 0.717) is 23.9 Å². The van der Waals surface area contributed by atoms with Crippen molar-refractivity contribution >= 4 is 38.6 Å². The number of alkyl halides is 2. The summed E-state index contributed by atoms with van der Waals surface area (Å²) in [7, 11) is 0. The molecule has 0 fully saturated rings. The molecule has 0 aliphatic carbocycles. The first-order chi connectivity index (χ1) is 13.6. The topological polar surface area (TPSA) is 76.4 Å². The van der Waals surface area contributed by atoms with Crippen molar-refractivity contribution in [1.82, 2.24) is 15.0 Å². The number of hydrogen-bond donors (Lipinski definition) is 2. The number of carbonyl (C=O) groups is 1. The Labute approximate surface area is 158 Å². The van der Waals surface area contributed by atoms with E-state index < -0.39 is 12.5 Å². The van der Waals surface area contributed by atoms with Crippen molar-refractivity contribution in [2.24, 2.45) is 0 Å². The van der Waals surface area contributed by atoms with Gasteiger partial charge in [0.15, 0.2) is 0 Å². The second kappa shape index (κ2) is 7.40. The molecule has 1 amide bonds. The number of fused-ring (bicyclic) bond motifs is 5. The molecule has 4 rings (SSSR count). The van der Waals surface area contributed by atoms with Gasteiger partial charge in [-0.1, -0.05) is 24.3 Å². The fourth-order valence-electron chi connectivity index (χ4n) is 3.54. The van der Waals surface area contributed by atoms with Crippen LogP contribution in [-0.2, 0) is 11.3 Å². The Morgan fingerprint density at radius 3 is 2.82 bits per heavy atom. The Kier molecular flexibility index (Phi) is 4.79. The highest BCUT2D eigenvalue weighted by Gasteiger charge is 2.16. The van der Waals surface area contributed by atoms with E-state index >= 15 is 0 Å². The lowest BCUT2D eigenvalue weighted by Gasteiger charge is -2.09. The number of hydroxylamine groups is 1. The second-order valence-corrected chi connectivity index (χ2v) is 6.39. The number of ether oxygens (including phenoxy) is 1. The van der Waals surface area contributed by atoms with Gasteiger partial charge in [0.05, 0.1) is 16.6 Å². The molecule has 2 aromatic heterocycles. The quantitative estimate of drug-likeness (QED) is 0.385. The molecule has 6 nitrogen and oxygen atoms in total. The van der Waals surface area contributed by atoms with Crippen LogP contribution in [0.25, 0.3) is 32.7 Å². The summed E-state index contributed by atoms with van der Waals surface area (Å²) in [4.78, 5) is 15.9. The molecular formula is C20H17F2N3O3. The molecule has 0 saturated heterocycles. The minimum atomic E-state index is -2.91. The summed E-state index contributed by atoms with van der Waals surface area (Å²) in [6.45, 7) is -2.41. The molecule has 0 bridgehead atoms. The summed E-state index contributed by atoms with van der Waals surface area (Å²) < 4.78 is 31.8. The zero-order chi connectivity index (χ0) is 19.7. The van der Waals surface area contributed by atoms with Crippen molar-refractivity contribution < 1.29 is 23.5 Å². The molecule has 2 N–H and O–H groups in total. The first-order valence-electron chi connectivity index (χ1n) is 8.76. The molecule has 0 saturated carbocycles. The maximum absolute atomic E-state index is 12.6. The standard InChI is InChI=1S/C20H17F2N3O3/c21-20(22)28-13-7-8-16-15(10-13)18-19(25(16)9-3-6-17(26)24-27)14-5-2-1-4-12(14)11-23-18/h1-2,4-5,7-8,10-11,20,27H,3,6,9H2,(H,24,26). The smallest absolute Gasteiger partial charge is 0.387 e. The molecule has 0 unspecified atom stereocenters. The third kappa shape index (κ3) is 3.22. The molecule has 4 aromatic rings. The van der Waals surface area contributed by atoms with Gasteiger partial charge < -0.3 is 9.30 Å². The van der Waals surface area contributed by atoms with Gasteiger partial charge in [0.25, 0.3) is 0 Å². The van der Waals surface area contributed by atoms with Crippen LogP contribution in [0, 0.1) is 0 Å². The number of aryl methyl sites for hydroxylation is 1. The Morgan fingerprint density at radius 1 is 1.21 bits per heavy atom. The highest BCUT2D eigenvalue weighted by Crippen LogP contribution is 2.35. The molecule has 0 aliphatic rings. The van der Waals surface area contributed by atoms with Gasteiger partial charge in [-0.25, -0.2) is 5.48 Å². The molecule has 2 heterocycles. The van der Waals surface area contributed by atoms with Crippen molar-refractivity contribution in [1.29, 1.82) is 0 Å². The summed E-state index contributed by atoms with van der Waals surface area (Å²) in [5.41, 5.74) is 3.98. The van der Waals surface area contributed by atoms with Crippen LogP contribution in [0.2, 0.25) is 0 Å². The molecule has 0 aliphatic heterocycles. The highest BCUT2D eigenvalue weighted by atomic mass is 19.3. The van der Waals surface area contributed by atoms with Crippen LogP contribution >= 0.6 is 0 Å². The Bertz CT molecular complexity index is 1170. The highest BCUT2D eigenvalue weighted by molar-refractivity contribution is 6.15. The average molecular weight is 385 g/mol. The van der Waals surface area contributed by atoms with Crippen LogP contribution in [-0.4, -0.2) is 27.3 Å². The molecule has 2 aromatic carbocycles. The predicted molar refractivity (Wildman–Crippen MR) is 101 cm³/mol. The molecular weight excluding hydrogens is 368 g/mol. The molecule has 0 atom stereocenters. The van der Waals surface area contributed by atoms with Crippen LogP contribution in [0.15, 0.2) is 48.7 Å². The molecule has 28 heavy (non-hydrogen) atoms. The third-order valence-electron chi connectivity index (χ3n) is 4.69. The zero-order valence-electron chi connectivity index (χ0n) is 14.7. The van der Waals surface area contributed by atoms with Gasteiger partial charge in [-0.05, 0) is 24.6 Å². The maximum atomic E-state index is 12.6. The minimum absolute atomic E-state index is 0.0659. The van der Waals surface area contributed by atoms with E-state index in [1.54, 1.807) is 23.8 Å². The fraction of sp³-hybridized carbons (Fsp3) is 0.200. The monoisotopic (exact) mass is 385 g/mol. The number of hydrogen-bond acceptors (Lipinski definition) is 4. The van der Waals surface area contributed by atoms with Gasteiger partial charge in [0.2, 0.25) is 5.91 Å². The minimum Gasteiger partial charge on any atom is -0.435 e. The van der Waals surface area contributed by atoms with E-state index in [4.69, 9.17) is 5.21 Å². The normalized spacial score (nSPS) is 11.6. The van der Waals surface area contributed by atoms with Crippen LogP contribution in [0.5, 0.6) is 5.75 Å². The van der Waals surface area contributed by atoms with E-state index in [1.807, 2.05) is 28.8 Å². The van der Waals surface area contributed by atoms with Crippen LogP contribution in [0.1, 0.15) is 12.8 Å². The largest absolute Gasteiger partial charge is 0.435 e. The van der Waals surface area contributed by atoms with Crippen molar-refractivity contribution in [3.05, 3.63) is 48.7 Å². The Balaban J connectivity index is 1.91. The SMILES string of the molecule is O=C(CCCn1c2ccc(OC(F)F)cc2c2ncc3ccccc3c21)NO. The summed E-state index contributed by atoms with van der Waals surface area (Å²) in [6, 6.07) is 12.5. The van der Waals surface area contributed by atoms with Gasteiger partial charge in [-0.2, -0.15) is 8.78 Å². The number of pyridine rings is 1. The van der Waals surface area contributed by atoms with E-state index in [-0.39, 0.29) is 12.2 Å². The Morgan fingerprint density at radius 2 is 2.04 bits per heavy atom. The second-order valence-electron chi connectivity index (χ2n) is 6.39. The van der Waals surface area contributed by atoms with E-state index in [2.05, 4.69) is 9.72 Å². The molecule has 0 radical (unpaired) electrons. The summed E-state index contributed by atoms with van der Waals surface area (Å²) in [5.74, 6) is -0.396. The third-order valence-corrected chi connectivity index (χ3v) is 4.69. The zero-order valence-corrected chi connectivity index (χ0v) is 14.7. The number of nitrogens with zero attached hydrogens (tertiary/aromatic N) is 2. The lowest BCUT2D eigenvalue weighted by Crippen LogP contribution is -2.18. The van der Waals surface area contributed by atoms with Crippen molar-refractivity contribution in [2.75, 3.05) is 0 Å². The summed E-state index contributed by atoms with van der Waals surface area (Å²) >= 11 is 0. The first-order valence-corrected chi connectivity index (χ1v) is 8.76. The van der Waals surface area contributed by atoms with Crippen LogP contribution < -0.4 is 10.2 Å². The molecule has 144 valence electrons. The number of halogens is 2. The molecule has 0 spiro atoms. The van der Waals surface area contributed by atoms with Crippen molar-refractivity contribution in [3.8, 4) is 5.75 Å². The number of rotatable bonds is 6. The number of benzene rings is 2. The number of amides is 1. The van der Waals surface area contributed by atoms with E-state index in [9.17, 15) is 13.6 Å². The number of nitrogens with one attached hydrogen (secondary N) is 1. The summed E-state index contributed by atoms with van der Waals surface area (Å²) in [5, 5.41) is 11.3. The summed E-state index contributed by atoms with van der Waals surface area (Å²) in [6.07, 6.45) is 2.40. The van der Waals surface area contributed by atoms with Gasteiger partial charge in [-0.15, -0.1) is 0 Å². The fourth-order valence-corrected chi connectivity index (χ4v) is 3.54. The maximum Gasteiger partial charge on any atom is 0.387 e. The average Bonchev–Trinajstić information content (AvgIpc) is 3.01. The van der Waals surface area contributed by atoms with Gasteiger partial charge in [-0.3, -0.25) is 15.0 Å². The lowest BCUT2D eigenvalue weighted by molar-refractivity contribution is -0.129. The van der Waals surface area contributed by atoms with Gasteiger partial charge in [0.1, 0.15) is 5.75 Å². The van der Waals surface area contributed by atoms with Gasteiger partial charge in [0, 0.05) is 35.3 Å². The first kappa shape index (κ1) is 18.1. The Hall–Kier alpha value is -3.26. The lowest BCUT2D eigenvalue weighted by atomic mass is 10.1. The predicted octanol–water partition coefficient (Wildman–Crippen LogP) is 4.23. The van der Waals surface area contributed by atoms with E-state index in [1.165, 1.54) is 6.07 Å². The van der Waals surface area contributed by atoms with Crippen LogP contribution in [0.3, 0.4) is 0 Å².